The predicted octanol–water partition coefficient (Wildman–Crippen LogP) is 0.622. The molecular formula is C12H22N2O2. The Morgan fingerprint density at radius 1 is 1.38 bits per heavy atom. The lowest BCUT2D eigenvalue weighted by molar-refractivity contribution is -0.128. The van der Waals surface area contributed by atoms with Gasteiger partial charge in [-0.15, -0.1) is 0 Å². The molecule has 2 atom stereocenters. The summed E-state index contributed by atoms with van der Waals surface area (Å²) in [5.74, 6) is 0.971. The molecule has 0 aromatic carbocycles. The van der Waals surface area contributed by atoms with Gasteiger partial charge in [-0.05, 0) is 25.2 Å². The molecule has 0 bridgehead atoms. The van der Waals surface area contributed by atoms with Crippen molar-refractivity contribution in [2.24, 2.45) is 5.92 Å². The molecule has 0 aromatic heterocycles. The number of hydrogen-bond acceptors (Lipinski definition) is 3. The normalized spacial score (nSPS) is 29.4. The highest BCUT2D eigenvalue weighted by molar-refractivity contribution is 5.75. The van der Waals surface area contributed by atoms with Crippen LogP contribution in [0.1, 0.15) is 25.7 Å². The highest BCUT2D eigenvalue weighted by Crippen LogP contribution is 2.38. The van der Waals surface area contributed by atoms with Gasteiger partial charge in [-0.25, -0.2) is 0 Å². The maximum atomic E-state index is 11.4. The minimum atomic E-state index is 0.189. The number of nitrogens with one attached hydrogen (secondary N) is 1. The molecule has 2 aliphatic rings. The Kier molecular flexibility index (Phi) is 3.82. The fourth-order valence-electron chi connectivity index (χ4n) is 2.31. The van der Waals surface area contributed by atoms with E-state index in [2.05, 4.69) is 5.32 Å². The molecule has 1 saturated heterocycles. The van der Waals surface area contributed by atoms with E-state index in [1.54, 1.807) is 19.0 Å². The third kappa shape index (κ3) is 2.95. The molecule has 16 heavy (non-hydrogen) atoms. The van der Waals surface area contributed by atoms with Gasteiger partial charge in [-0.1, -0.05) is 0 Å². The molecule has 1 heterocycles. The minimum absolute atomic E-state index is 0.189. The van der Waals surface area contributed by atoms with Crippen LogP contribution in [0.15, 0.2) is 0 Å². The van der Waals surface area contributed by atoms with E-state index in [0.717, 1.165) is 25.5 Å². The lowest BCUT2D eigenvalue weighted by atomic mass is 10.1. The summed E-state index contributed by atoms with van der Waals surface area (Å²) in [4.78, 5) is 13.0. The molecule has 2 fully saturated rings. The molecule has 1 aliphatic heterocycles. The molecule has 2 rings (SSSR count). The van der Waals surface area contributed by atoms with Gasteiger partial charge in [0.15, 0.2) is 0 Å². The van der Waals surface area contributed by atoms with Crippen molar-refractivity contribution < 1.29 is 9.53 Å². The summed E-state index contributed by atoms with van der Waals surface area (Å²) in [6.45, 7) is 1.65. The van der Waals surface area contributed by atoms with Crippen molar-refractivity contribution in [2.75, 3.05) is 27.2 Å². The smallest absolute Gasteiger partial charge is 0.223 e. The van der Waals surface area contributed by atoms with E-state index in [1.165, 1.54) is 12.8 Å². The quantitative estimate of drug-likeness (QED) is 0.747. The lowest BCUT2D eigenvalue weighted by Crippen LogP contribution is -2.39. The first-order valence-electron chi connectivity index (χ1n) is 6.23. The largest absolute Gasteiger partial charge is 0.376 e. The summed E-state index contributed by atoms with van der Waals surface area (Å²) >= 11 is 0. The highest BCUT2D eigenvalue weighted by atomic mass is 16.5. The van der Waals surface area contributed by atoms with Crippen LogP contribution in [0.2, 0.25) is 0 Å². The van der Waals surface area contributed by atoms with Crippen molar-refractivity contribution in [2.45, 2.75) is 37.8 Å². The standard InChI is InChI=1S/C12H22N2O2/c1-14(2)11(15)5-7-13-10-6-8-16-12(10)9-3-4-9/h9-10,12-13H,3-8H2,1-2H3. The Bertz CT molecular complexity index is 251. The van der Waals surface area contributed by atoms with Crippen LogP contribution in [0.4, 0.5) is 0 Å². The van der Waals surface area contributed by atoms with Crippen LogP contribution in [-0.2, 0) is 9.53 Å². The zero-order valence-corrected chi connectivity index (χ0v) is 10.2. The summed E-state index contributed by atoms with van der Waals surface area (Å²) in [5, 5.41) is 3.47. The summed E-state index contributed by atoms with van der Waals surface area (Å²) < 4.78 is 5.74. The molecule has 2 unspecified atom stereocenters. The van der Waals surface area contributed by atoms with E-state index >= 15 is 0 Å². The Balaban J connectivity index is 1.67. The van der Waals surface area contributed by atoms with Crippen LogP contribution >= 0.6 is 0 Å². The second kappa shape index (κ2) is 5.15. The zero-order chi connectivity index (χ0) is 11.5. The number of ether oxygens (including phenoxy) is 1. The van der Waals surface area contributed by atoms with E-state index < -0.39 is 0 Å². The Morgan fingerprint density at radius 2 is 2.12 bits per heavy atom. The maximum Gasteiger partial charge on any atom is 0.223 e. The topological polar surface area (TPSA) is 41.6 Å². The lowest BCUT2D eigenvalue weighted by Gasteiger charge is -2.19. The number of rotatable bonds is 5. The number of amides is 1. The van der Waals surface area contributed by atoms with Gasteiger partial charge < -0.3 is 15.0 Å². The van der Waals surface area contributed by atoms with Crippen LogP contribution < -0.4 is 5.32 Å². The van der Waals surface area contributed by atoms with Crippen molar-refractivity contribution in [3.05, 3.63) is 0 Å². The van der Waals surface area contributed by atoms with Crippen molar-refractivity contribution >= 4 is 5.91 Å². The molecule has 4 nitrogen and oxygen atoms in total. The second-order valence-corrected chi connectivity index (χ2v) is 5.06. The Hall–Kier alpha value is -0.610. The molecule has 92 valence electrons. The predicted molar refractivity (Wildman–Crippen MR) is 62.2 cm³/mol. The number of nitrogens with zero attached hydrogens (tertiary/aromatic N) is 1. The molecule has 0 aromatic rings. The molecule has 1 saturated carbocycles. The SMILES string of the molecule is CN(C)C(=O)CCNC1CCOC1C1CC1. The van der Waals surface area contributed by atoms with Gasteiger partial charge in [-0.3, -0.25) is 4.79 Å². The second-order valence-electron chi connectivity index (χ2n) is 5.06. The molecule has 1 amide bonds. The summed E-state index contributed by atoms with van der Waals surface area (Å²) in [6.07, 6.45) is 4.73. The van der Waals surface area contributed by atoms with Crippen LogP contribution in [-0.4, -0.2) is 50.2 Å². The fraction of sp³-hybridized carbons (Fsp3) is 0.917. The van der Waals surface area contributed by atoms with Crippen molar-refractivity contribution in [1.29, 1.82) is 0 Å². The molecule has 4 heteroatoms. The average molecular weight is 226 g/mol. The summed E-state index contributed by atoms with van der Waals surface area (Å²) in [5.41, 5.74) is 0. The van der Waals surface area contributed by atoms with Gasteiger partial charge in [0.2, 0.25) is 5.91 Å². The molecule has 0 radical (unpaired) electrons. The Morgan fingerprint density at radius 3 is 2.75 bits per heavy atom. The van der Waals surface area contributed by atoms with Crippen LogP contribution in [0.3, 0.4) is 0 Å². The van der Waals surface area contributed by atoms with Gasteiger partial charge in [-0.2, -0.15) is 0 Å². The molecular weight excluding hydrogens is 204 g/mol. The third-order valence-corrected chi connectivity index (χ3v) is 3.47. The van der Waals surface area contributed by atoms with Crippen molar-refractivity contribution in [3.8, 4) is 0 Å². The van der Waals surface area contributed by atoms with Crippen LogP contribution in [0, 0.1) is 5.92 Å². The number of carbonyl (C=O) groups excluding carboxylic acids is 1. The van der Waals surface area contributed by atoms with E-state index in [0.29, 0.717) is 18.6 Å². The van der Waals surface area contributed by atoms with Gasteiger partial charge in [0.25, 0.3) is 0 Å². The minimum Gasteiger partial charge on any atom is -0.376 e. The molecule has 1 aliphatic carbocycles. The van der Waals surface area contributed by atoms with Crippen LogP contribution in [0.25, 0.3) is 0 Å². The van der Waals surface area contributed by atoms with E-state index in [9.17, 15) is 4.79 Å². The summed E-state index contributed by atoms with van der Waals surface area (Å²) in [7, 11) is 3.60. The first kappa shape index (κ1) is 11.9. The van der Waals surface area contributed by atoms with Gasteiger partial charge in [0, 0.05) is 39.7 Å². The zero-order valence-electron chi connectivity index (χ0n) is 10.2. The van der Waals surface area contributed by atoms with Crippen molar-refractivity contribution in [1.82, 2.24) is 10.2 Å². The Labute approximate surface area is 97.3 Å². The molecule has 0 spiro atoms. The number of hydrogen-bond donors (Lipinski definition) is 1. The van der Waals surface area contributed by atoms with Gasteiger partial charge in [0.1, 0.15) is 0 Å². The molecule has 1 N–H and O–H groups in total. The third-order valence-electron chi connectivity index (χ3n) is 3.47. The maximum absolute atomic E-state index is 11.4. The van der Waals surface area contributed by atoms with Gasteiger partial charge in [0.05, 0.1) is 6.10 Å². The fourth-order valence-corrected chi connectivity index (χ4v) is 2.31. The van der Waals surface area contributed by atoms with E-state index in [-0.39, 0.29) is 5.91 Å². The first-order chi connectivity index (χ1) is 7.68. The van der Waals surface area contributed by atoms with Crippen LogP contribution in [0.5, 0.6) is 0 Å². The number of carbonyl (C=O) groups is 1. The van der Waals surface area contributed by atoms with Crippen molar-refractivity contribution in [3.63, 3.8) is 0 Å². The van der Waals surface area contributed by atoms with E-state index in [4.69, 9.17) is 4.74 Å². The van der Waals surface area contributed by atoms with E-state index in [1.807, 2.05) is 0 Å². The summed E-state index contributed by atoms with van der Waals surface area (Å²) in [6, 6.07) is 0.475. The monoisotopic (exact) mass is 226 g/mol. The van der Waals surface area contributed by atoms with Gasteiger partial charge >= 0.3 is 0 Å². The highest BCUT2D eigenvalue weighted by Gasteiger charge is 2.40. The first-order valence-corrected chi connectivity index (χ1v) is 6.23. The average Bonchev–Trinajstić information content (AvgIpc) is 2.99.